The van der Waals surface area contributed by atoms with Crippen LogP contribution in [0.25, 0.3) is 6.08 Å². The van der Waals surface area contributed by atoms with Crippen molar-refractivity contribution in [2.24, 2.45) is 5.41 Å². The lowest BCUT2D eigenvalue weighted by Crippen LogP contribution is -2.92. The minimum atomic E-state index is -4.15. The SMILES string of the molecule is O=C(Nc1ccc(F)c(F)c1)c1c(Cl)c(S(=O)(=O)N2C3CCC34C2C[C@]4(O)CO)c2n1CCC=C2. The molecule has 1 aromatic carbocycles. The number of nitrogens with zero attached hydrogens (tertiary/aromatic N) is 2. The summed E-state index contributed by atoms with van der Waals surface area (Å²) in [7, 11) is -4.15. The minimum Gasteiger partial charge on any atom is -0.393 e. The first-order valence-corrected chi connectivity index (χ1v) is 13.1. The predicted octanol–water partition coefficient (Wildman–Crippen LogP) is 2.74. The van der Waals surface area contributed by atoms with Crippen LogP contribution in [0, 0.1) is 17.0 Å². The number of carbonyl (C=O) groups excluding carboxylic acids is 1. The van der Waals surface area contributed by atoms with Gasteiger partial charge in [-0.25, -0.2) is 17.2 Å². The average molecular weight is 526 g/mol. The zero-order chi connectivity index (χ0) is 24.9. The number of benzene rings is 1. The van der Waals surface area contributed by atoms with Crippen molar-refractivity contribution in [3.8, 4) is 0 Å². The molecule has 4 aliphatic rings. The Morgan fingerprint density at radius 1 is 1.26 bits per heavy atom. The Kier molecular flexibility index (Phi) is 4.86. The molecule has 1 amide bonds. The van der Waals surface area contributed by atoms with Gasteiger partial charge in [0, 0.05) is 35.8 Å². The quantitative estimate of drug-likeness (QED) is 0.556. The number of halogens is 3. The number of fused-ring (bicyclic) bond motifs is 1. The van der Waals surface area contributed by atoms with Gasteiger partial charge in [0.2, 0.25) is 10.0 Å². The second kappa shape index (κ2) is 7.36. The Bertz CT molecular complexity index is 1420. The molecule has 2 aromatic rings. The second-order valence-electron chi connectivity index (χ2n) is 9.64. The van der Waals surface area contributed by atoms with Gasteiger partial charge in [-0.3, -0.25) is 4.79 Å². The molecule has 1 saturated heterocycles. The molecule has 3 heterocycles. The number of aliphatic hydroxyl groups is 2. The highest BCUT2D eigenvalue weighted by Crippen LogP contribution is 2.73. The van der Waals surface area contributed by atoms with E-state index in [9.17, 15) is 32.2 Å². The molecule has 3 fully saturated rings. The van der Waals surface area contributed by atoms with Gasteiger partial charge in [-0.1, -0.05) is 17.7 Å². The van der Waals surface area contributed by atoms with Crippen LogP contribution in [0.5, 0.6) is 0 Å². The maximum Gasteiger partial charge on any atom is 0.273 e. The molecule has 0 bridgehead atoms. The summed E-state index contributed by atoms with van der Waals surface area (Å²) >= 11 is 6.59. The number of hydrogen-bond acceptors (Lipinski definition) is 5. The number of aliphatic hydroxyl groups excluding tert-OH is 1. The van der Waals surface area contributed by atoms with Gasteiger partial charge < -0.3 is 20.1 Å². The van der Waals surface area contributed by atoms with Crippen LogP contribution >= 0.6 is 11.6 Å². The molecule has 8 nitrogen and oxygen atoms in total. The number of nitrogens with one attached hydrogen (secondary N) is 1. The molecule has 35 heavy (non-hydrogen) atoms. The van der Waals surface area contributed by atoms with Gasteiger partial charge in [-0.2, -0.15) is 4.31 Å². The lowest BCUT2D eigenvalue weighted by molar-refractivity contribution is -0.350. The van der Waals surface area contributed by atoms with Crippen LogP contribution in [0.2, 0.25) is 5.02 Å². The van der Waals surface area contributed by atoms with E-state index in [4.69, 9.17) is 11.6 Å². The third-order valence-corrected chi connectivity index (χ3v) is 10.7. The van der Waals surface area contributed by atoms with E-state index in [0.717, 1.165) is 12.1 Å². The van der Waals surface area contributed by atoms with Crippen LogP contribution in [0.15, 0.2) is 29.2 Å². The van der Waals surface area contributed by atoms with Crippen LogP contribution in [0.3, 0.4) is 0 Å². The van der Waals surface area contributed by atoms with Crippen LogP contribution < -0.4 is 5.32 Å². The average Bonchev–Trinajstić information content (AvgIpc) is 3.09. The van der Waals surface area contributed by atoms with E-state index in [-0.39, 0.29) is 33.4 Å². The molecule has 3 unspecified atom stereocenters. The van der Waals surface area contributed by atoms with Crippen molar-refractivity contribution in [2.45, 2.75) is 54.8 Å². The van der Waals surface area contributed by atoms with E-state index < -0.39 is 57.3 Å². The van der Waals surface area contributed by atoms with Crippen LogP contribution in [0.1, 0.15) is 41.9 Å². The molecule has 0 radical (unpaired) electrons. The number of hydrogen-bond donors (Lipinski definition) is 3. The summed E-state index contributed by atoms with van der Waals surface area (Å²) in [6.07, 6.45) is 5.27. The smallest absolute Gasteiger partial charge is 0.273 e. The molecule has 2 saturated carbocycles. The van der Waals surface area contributed by atoms with Crippen LogP contribution in [-0.4, -0.2) is 57.7 Å². The Morgan fingerprint density at radius 2 is 2.03 bits per heavy atom. The fourth-order valence-corrected chi connectivity index (χ4v) is 9.24. The fourth-order valence-electron chi connectivity index (χ4n) is 6.46. The molecule has 4 atom stereocenters. The third kappa shape index (κ3) is 2.76. The molecule has 3 N–H and O–H groups in total. The highest BCUT2D eigenvalue weighted by Gasteiger charge is 2.83. The number of anilines is 1. The molecule has 1 aromatic heterocycles. The normalized spacial score (nSPS) is 30.9. The molecule has 6 rings (SSSR count). The Labute approximate surface area is 204 Å². The predicted molar refractivity (Wildman–Crippen MR) is 122 cm³/mol. The maximum absolute atomic E-state index is 13.9. The Balaban J connectivity index is 1.39. The number of piperidine rings is 2. The van der Waals surface area contributed by atoms with E-state index in [1.54, 1.807) is 12.2 Å². The number of aromatic nitrogens is 1. The van der Waals surface area contributed by atoms with Crippen molar-refractivity contribution in [3.05, 3.63) is 52.3 Å². The van der Waals surface area contributed by atoms with Crippen molar-refractivity contribution in [3.63, 3.8) is 0 Å². The number of allylic oxidation sites excluding steroid dienone is 1. The topological polar surface area (TPSA) is 112 Å². The summed E-state index contributed by atoms with van der Waals surface area (Å²) in [4.78, 5) is 13.0. The summed E-state index contributed by atoms with van der Waals surface area (Å²) in [5, 5.41) is 22.6. The standard InChI is InChI=1S/C23H22ClF2N3O5S/c24-18-19(21(31)27-12-4-5-13(25)14(26)9-12)28-8-2-1-3-15(28)20(18)35(33,34)29-16-6-7-23(16)17(29)10-22(23,32)11-30/h1,3-5,9,16-17,30,32H,2,6-8,10-11H2,(H,27,31)/t16?,17?,22-,23?/m0/s1. The fraction of sp³-hybridized carbons (Fsp3) is 0.435. The first-order chi connectivity index (χ1) is 16.6. The molecule has 1 spiro atoms. The molecule has 12 heteroatoms. The summed E-state index contributed by atoms with van der Waals surface area (Å²) in [5.74, 6) is -2.95. The minimum absolute atomic E-state index is 0.00368. The van der Waals surface area contributed by atoms with Gasteiger partial charge in [0.05, 0.1) is 22.9 Å². The van der Waals surface area contributed by atoms with E-state index in [0.29, 0.717) is 25.8 Å². The summed E-state index contributed by atoms with van der Waals surface area (Å²) < 4.78 is 57.5. The van der Waals surface area contributed by atoms with Gasteiger partial charge >= 0.3 is 0 Å². The summed E-state index contributed by atoms with van der Waals surface area (Å²) in [5.41, 5.74) is -1.74. The first kappa shape index (κ1) is 23.1. The van der Waals surface area contributed by atoms with Crippen molar-refractivity contribution in [1.82, 2.24) is 8.87 Å². The van der Waals surface area contributed by atoms with Gasteiger partial charge in [0.25, 0.3) is 5.91 Å². The lowest BCUT2D eigenvalue weighted by Gasteiger charge is -2.81. The first-order valence-electron chi connectivity index (χ1n) is 11.3. The van der Waals surface area contributed by atoms with Crippen molar-refractivity contribution in [2.75, 3.05) is 11.9 Å². The monoisotopic (exact) mass is 525 g/mol. The highest BCUT2D eigenvalue weighted by molar-refractivity contribution is 7.89. The second-order valence-corrected chi connectivity index (χ2v) is 11.8. The molecule has 2 aliphatic carbocycles. The molecule has 2 aliphatic heterocycles. The van der Waals surface area contributed by atoms with Gasteiger partial charge in [-0.15, -0.1) is 0 Å². The number of carbonyl (C=O) groups is 1. The lowest BCUT2D eigenvalue weighted by atomic mass is 9.37. The zero-order valence-electron chi connectivity index (χ0n) is 18.3. The zero-order valence-corrected chi connectivity index (χ0v) is 19.9. The van der Waals surface area contributed by atoms with Gasteiger partial charge in [-0.05, 0) is 43.9 Å². The van der Waals surface area contributed by atoms with Crippen molar-refractivity contribution < 1.29 is 32.2 Å². The molecule has 186 valence electrons. The van der Waals surface area contributed by atoms with Crippen LogP contribution in [0.4, 0.5) is 14.5 Å². The number of sulfonamides is 1. The third-order valence-electron chi connectivity index (χ3n) is 8.22. The Morgan fingerprint density at radius 3 is 2.66 bits per heavy atom. The maximum atomic E-state index is 13.9. The Hall–Kier alpha value is -2.31. The number of amides is 1. The summed E-state index contributed by atoms with van der Waals surface area (Å²) in [6, 6.07) is 2.01. The molecular formula is C23H22ClF2N3O5S. The molecular weight excluding hydrogens is 504 g/mol. The van der Waals surface area contributed by atoms with E-state index in [1.807, 2.05) is 0 Å². The van der Waals surface area contributed by atoms with Crippen LogP contribution in [-0.2, 0) is 16.6 Å². The summed E-state index contributed by atoms with van der Waals surface area (Å²) in [6.45, 7) is -0.115. The highest BCUT2D eigenvalue weighted by atomic mass is 35.5. The van der Waals surface area contributed by atoms with Crippen molar-refractivity contribution >= 4 is 39.3 Å². The largest absolute Gasteiger partial charge is 0.393 e. The van der Waals surface area contributed by atoms with E-state index in [2.05, 4.69) is 5.32 Å². The van der Waals surface area contributed by atoms with Crippen molar-refractivity contribution in [1.29, 1.82) is 0 Å². The van der Waals surface area contributed by atoms with Gasteiger partial charge in [0.15, 0.2) is 11.6 Å². The van der Waals surface area contributed by atoms with E-state index >= 15 is 0 Å². The van der Waals surface area contributed by atoms with Gasteiger partial charge in [0.1, 0.15) is 10.6 Å². The van der Waals surface area contributed by atoms with E-state index in [1.165, 1.54) is 14.9 Å². The number of rotatable bonds is 5.